The Hall–Kier alpha value is -0.520. The second-order valence-corrected chi connectivity index (χ2v) is 9.17. The molecule has 4 aliphatic rings. The van der Waals surface area contributed by atoms with Gasteiger partial charge < -0.3 is 0 Å². The van der Waals surface area contributed by atoms with E-state index in [1.807, 2.05) is 16.7 Å². The van der Waals surface area contributed by atoms with Gasteiger partial charge in [-0.15, -0.1) is 0 Å². The van der Waals surface area contributed by atoms with Gasteiger partial charge in [0.1, 0.15) is 0 Å². The van der Waals surface area contributed by atoms with Crippen LogP contribution in [0.3, 0.4) is 0 Å². The lowest BCUT2D eigenvalue weighted by Crippen LogP contribution is -2.46. The van der Waals surface area contributed by atoms with Gasteiger partial charge in [0.25, 0.3) is 0 Å². The van der Waals surface area contributed by atoms with Crippen molar-refractivity contribution in [1.82, 2.24) is 0 Å². The Morgan fingerprint density at radius 1 is 1.00 bits per heavy atom. The second kappa shape index (κ2) is 4.49. The first-order valence-corrected chi connectivity index (χ1v) is 9.36. The maximum absolute atomic E-state index is 2.63. The molecule has 116 valence electrons. The molecule has 0 aromatic carbocycles. The van der Waals surface area contributed by atoms with Crippen LogP contribution >= 0.6 is 0 Å². The number of hydrogen-bond acceptors (Lipinski definition) is 0. The molecule has 0 aromatic rings. The monoisotopic (exact) mass is 284 g/mol. The van der Waals surface area contributed by atoms with Crippen LogP contribution in [0.25, 0.3) is 0 Å². The summed E-state index contributed by atoms with van der Waals surface area (Å²) in [4.78, 5) is 0. The predicted octanol–water partition coefficient (Wildman–Crippen LogP) is 6.29. The van der Waals surface area contributed by atoms with E-state index in [9.17, 15) is 0 Å². The highest BCUT2D eigenvalue weighted by molar-refractivity contribution is 5.36. The van der Waals surface area contributed by atoms with Crippen molar-refractivity contribution in [3.8, 4) is 0 Å². The average Bonchev–Trinajstić information content (AvgIpc) is 2.76. The molecule has 0 aromatic heterocycles. The Bertz CT molecular complexity index is 518. The molecule has 0 heterocycles. The molecular formula is C21H32. The molecule has 0 bridgehead atoms. The summed E-state index contributed by atoms with van der Waals surface area (Å²) in [6, 6.07) is 0. The zero-order valence-electron chi connectivity index (χ0n) is 14.5. The van der Waals surface area contributed by atoms with Gasteiger partial charge in [-0.05, 0) is 80.0 Å². The number of hydrogen-bond donors (Lipinski definition) is 0. The van der Waals surface area contributed by atoms with E-state index in [-0.39, 0.29) is 0 Å². The highest BCUT2D eigenvalue weighted by atomic mass is 14.6. The minimum absolute atomic E-state index is 0.509. The van der Waals surface area contributed by atoms with Gasteiger partial charge in [-0.1, -0.05) is 50.5 Å². The van der Waals surface area contributed by atoms with Crippen LogP contribution in [-0.4, -0.2) is 0 Å². The van der Waals surface area contributed by atoms with Crippen molar-refractivity contribution in [2.75, 3.05) is 0 Å². The summed E-state index contributed by atoms with van der Waals surface area (Å²) in [5.74, 6) is 2.76. The van der Waals surface area contributed by atoms with Gasteiger partial charge >= 0.3 is 0 Å². The van der Waals surface area contributed by atoms with Crippen LogP contribution in [0, 0.1) is 28.6 Å². The molecule has 1 fully saturated rings. The van der Waals surface area contributed by atoms with E-state index in [2.05, 4.69) is 33.8 Å². The summed E-state index contributed by atoms with van der Waals surface area (Å²) in [5, 5.41) is 0. The lowest BCUT2D eigenvalue weighted by Gasteiger charge is -2.55. The molecular weight excluding hydrogens is 252 g/mol. The Labute approximate surface area is 131 Å². The van der Waals surface area contributed by atoms with Crippen molar-refractivity contribution in [1.29, 1.82) is 0 Å². The average molecular weight is 284 g/mol. The summed E-state index contributed by atoms with van der Waals surface area (Å²) < 4.78 is 0. The molecule has 0 N–H and O–H groups in total. The Balaban J connectivity index is 1.75. The second-order valence-electron chi connectivity index (χ2n) is 9.17. The van der Waals surface area contributed by atoms with Crippen molar-refractivity contribution in [2.45, 2.75) is 79.1 Å². The van der Waals surface area contributed by atoms with Crippen LogP contribution in [0.4, 0.5) is 0 Å². The van der Waals surface area contributed by atoms with Crippen LogP contribution in [-0.2, 0) is 0 Å². The molecule has 0 heteroatoms. The summed E-state index contributed by atoms with van der Waals surface area (Å²) >= 11 is 0. The standard InChI is InChI=1S/C21H32/c1-14-6-5-7-15-8-9-16-17-12-13-20(2,3)18(17)10-11-19(16)21(14,15)4/h7,14,16,19H,5-6,8-13H2,1-4H3/t14-,16-,19-,21-/m0/s1. The molecule has 0 saturated heterocycles. The van der Waals surface area contributed by atoms with E-state index in [1.54, 1.807) is 0 Å². The molecule has 21 heavy (non-hydrogen) atoms. The zero-order valence-corrected chi connectivity index (χ0v) is 14.5. The Morgan fingerprint density at radius 3 is 2.62 bits per heavy atom. The lowest BCUT2D eigenvalue weighted by atomic mass is 9.49. The van der Waals surface area contributed by atoms with Crippen LogP contribution < -0.4 is 0 Å². The Morgan fingerprint density at radius 2 is 1.81 bits per heavy atom. The molecule has 0 spiro atoms. The maximum Gasteiger partial charge on any atom is -0.00566 e. The van der Waals surface area contributed by atoms with E-state index in [0.29, 0.717) is 10.8 Å². The van der Waals surface area contributed by atoms with Gasteiger partial charge in [-0.25, -0.2) is 0 Å². The van der Waals surface area contributed by atoms with Crippen molar-refractivity contribution >= 4 is 0 Å². The van der Waals surface area contributed by atoms with E-state index in [0.717, 1.165) is 17.8 Å². The number of rotatable bonds is 0. The van der Waals surface area contributed by atoms with Gasteiger partial charge in [0.05, 0.1) is 0 Å². The SMILES string of the molecule is C[C@H]1CCC=C2CC[C@H]3C4=C(CC[C@@H]3[C@]21C)C(C)(C)CC4. The van der Waals surface area contributed by atoms with Gasteiger partial charge in [0, 0.05) is 0 Å². The fourth-order valence-corrected chi connectivity index (χ4v) is 6.56. The molecule has 4 atom stereocenters. The minimum Gasteiger partial charge on any atom is -0.0847 e. The van der Waals surface area contributed by atoms with Crippen LogP contribution in [0.5, 0.6) is 0 Å². The molecule has 4 rings (SSSR count). The zero-order chi connectivity index (χ0) is 14.8. The largest absolute Gasteiger partial charge is 0.0847 e. The van der Waals surface area contributed by atoms with E-state index in [4.69, 9.17) is 0 Å². The normalized spacial score (nSPS) is 44.8. The fourth-order valence-electron chi connectivity index (χ4n) is 6.56. The lowest BCUT2D eigenvalue weighted by molar-refractivity contribution is 0.0491. The van der Waals surface area contributed by atoms with Crippen molar-refractivity contribution < 1.29 is 0 Å². The molecule has 0 aliphatic heterocycles. The van der Waals surface area contributed by atoms with Gasteiger partial charge in [-0.2, -0.15) is 0 Å². The van der Waals surface area contributed by atoms with E-state index >= 15 is 0 Å². The van der Waals surface area contributed by atoms with Gasteiger partial charge in [-0.3, -0.25) is 0 Å². The smallest absolute Gasteiger partial charge is 0.00566 e. The maximum atomic E-state index is 2.63. The molecule has 4 aliphatic carbocycles. The molecule has 0 radical (unpaired) electrons. The van der Waals surface area contributed by atoms with Crippen molar-refractivity contribution in [2.24, 2.45) is 28.6 Å². The summed E-state index contributed by atoms with van der Waals surface area (Å²) in [7, 11) is 0. The highest BCUT2D eigenvalue weighted by Gasteiger charge is 2.53. The van der Waals surface area contributed by atoms with Crippen molar-refractivity contribution in [3.63, 3.8) is 0 Å². The topological polar surface area (TPSA) is 0 Å². The first-order chi connectivity index (χ1) is 9.94. The molecule has 0 amide bonds. The summed E-state index contributed by atoms with van der Waals surface area (Å²) in [5.41, 5.74) is 6.67. The van der Waals surface area contributed by atoms with Crippen LogP contribution in [0.15, 0.2) is 22.8 Å². The summed E-state index contributed by atoms with van der Waals surface area (Å²) in [6.45, 7) is 10.2. The van der Waals surface area contributed by atoms with Crippen LogP contribution in [0.2, 0.25) is 0 Å². The third-order valence-corrected chi connectivity index (χ3v) is 8.06. The number of allylic oxidation sites excluding steroid dienone is 4. The van der Waals surface area contributed by atoms with Gasteiger partial charge in [0.15, 0.2) is 0 Å². The molecule has 0 unspecified atom stereocenters. The first kappa shape index (κ1) is 14.1. The molecule has 0 nitrogen and oxygen atoms in total. The highest BCUT2D eigenvalue weighted by Crippen LogP contribution is 2.63. The Kier molecular flexibility index (Phi) is 3.02. The fraction of sp³-hybridized carbons (Fsp3) is 0.810. The molecule has 1 saturated carbocycles. The van der Waals surface area contributed by atoms with Crippen LogP contribution in [0.1, 0.15) is 79.1 Å². The predicted molar refractivity (Wildman–Crippen MR) is 90.1 cm³/mol. The quantitative estimate of drug-likeness (QED) is 0.459. The van der Waals surface area contributed by atoms with E-state index in [1.165, 1.54) is 51.4 Å². The minimum atomic E-state index is 0.509. The third kappa shape index (κ3) is 1.80. The van der Waals surface area contributed by atoms with Crippen molar-refractivity contribution in [3.05, 3.63) is 22.8 Å². The van der Waals surface area contributed by atoms with Gasteiger partial charge in [0.2, 0.25) is 0 Å². The number of fused-ring (bicyclic) bond motifs is 4. The van der Waals surface area contributed by atoms with E-state index < -0.39 is 0 Å². The summed E-state index contributed by atoms with van der Waals surface area (Å²) in [6.07, 6.45) is 13.9. The first-order valence-electron chi connectivity index (χ1n) is 9.36. The third-order valence-electron chi connectivity index (χ3n) is 8.06.